The first-order valence-electron chi connectivity index (χ1n) is 2.57. The van der Waals surface area contributed by atoms with Crippen LogP contribution in [0, 0.1) is 0 Å². The molecule has 0 aromatic heterocycles. The van der Waals surface area contributed by atoms with Gasteiger partial charge in [-0.3, -0.25) is 0 Å². The van der Waals surface area contributed by atoms with Gasteiger partial charge in [0.1, 0.15) is 10.1 Å². The normalized spacial score (nSPS) is 15.5. The molecule has 2 nitrogen and oxygen atoms in total. The van der Waals surface area contributed by atoms with Gasteiger partial charge in [0.2, 0.25) is 0 Å². The van der Waals surface area contributed by atoms with Crippen LogP contribution in [0.4, 0.5) is 0 Å². The summed E-state index contributed by atoms with van der Waals surface area (Å²) in [5, 5.41) is 4.79. The first-order chi connectivity index (χ1) is 4.79. The average Bonchev–Trinajstić information content (AvgIpc) is 1.88. The molecule has 10 heavy (non-hydrogen) atoms. The molecule has 0 saturated carbocycles. The molecule has 0 amide bonds. The summed E-state index contributed by atoms with van der Waals surface area (Å²) in [6.07, 6.45) is 3.81. The van der Waals surface area contributed by atoms with Gasteiger partial charge in [0.25, 0.3) is 0 Å². The van der Waals surface area contributed by atoms with Crippen LogP contribution in [-0.4, -0.2) is 4.32 Å². The molecule has 0 spiro atoms. The van der Waals surface area contributed by atoms with Gasteiger partial charge in [0.05, 0.1) is 0 Å². The van der Waals surface area contributed by atoms with Crippen LogP contribution in [0.25, 0.3) is 0 Å². The van der Waals surface area contributed by atoms with E-state index in [-0.39, 0.29) is 0 Å². The largest absolute Gasteiger partial charge is 0.327 e. The lowest BCUT2D eigenvalue weighted by atomic mass is 10.5. The number of thiol groups is 1. The molecule has 0 atom stereocenters. The highest BCUT2D eigenvalue weighted by Crippen LogP contribution is 2.05. The number of hydrogen-bond donors (Lipinski definition) is 3. The van der Waals surface area contributed by atoms with Gasteiger partial charge in [-0.05, 0) is 23.4 Å². The highest BCUT2D eigenvalue weighted by Gasteiger charge is 1.96. The van der Waals surface area contributed by atoms with Crippen LogP contribution >= 0.6 is 36.8 Å². The Bertz CT molecular complexity index is 197. The first kappa shape index (κ1) is 7.97. The lowest BCUT2D eigenvalue weighted by Crippen LogP contribution is -2.24. The van der Waals surface area contributed by atoms with E-state index in [1.165, 1.54) is 11.9 Å². The standard InChI is InChI=1S/C5H6N2S3/c8-5(9)6-4-2-1-3-10-7-4/h1-3,7H,(H2,6,8,9). The van der Waals surface area contributed by atoms with Crippen LogP contribution in [0.2, 0.25) is 0 Å². The van der Waals surface area contributed by atoms with Crippen molar-refractivity contribution in [1.82, 2.24) is 10.0 Å². The van der Waals surface area contributed by atoms with Gasteiger partial charge in [-0.25, -0.2) is 0 Å². The smallest absolute Gasteiger partial charge is 0.136 e. The average molecular weight is 190 g/mol. The van der Waals surface area contributed by atoms with Crippen LogP contribution in [-0.2, 0) is 0 Å². The van der Waals surface area contributed by atoms with Gasteiger partial charge < -0.3 is 10.0 Å². The van der Waals surface area contributed by atoms with Gasteiger partial charge in [-0.2, -0.15) is 0 Å². The Morgan fingerprint density at radius 3 is 3.10 bits per heavy atom. The fourth-order valence-electron chi connectivity index (χ4n) is 0.489. The summed E-state index contributed by atoms with van der Waals surface area (Å²) >= 11 is 10.1. The third-order valence-corrected chi connectivity index (χ3v) is 1.66. The second kappa shape index (κ2) is 3.90. The van der Waals surface area contributed by atoms with Gasteiger partial charge >= 0.3 is 0 Å². The lowest BCUT2D eigenvalue weighted by Gasteiger charge is -2.10. The number of nitrogens with one attached hydrogen (secondary N) is 2. The van der Waals surface area contributed by atoms with Crippen molar-refractivity contribution in [3.8, 4) is 0 Å². The van der Waals surface area contributed by atoms with Crippen molar-refractivity contribution in [2.45, 2.75) is 0 Å². The molecule has 0 aromatic rings. The van der Waals surface area contributed by atoms with Gasteiger partial charge in [0.15, 0.2) is 0 Å². The summed E-state index contributed by atoms with van der Waals surface area (Å²) in [4.78, 5) is 0. The van der Waals surface area contributed by atoms with Crippen LogP contribution in [0.5, 0.6) is 0 Å². The molecule has 1 aliphatic heterocycles. The summed E-state index contributed by atoms with van der Waals surface area (Å²) in [5.74, 6) is 0.868. The molecule has 0 unspecified atom stereocenters. The topological polar surface area (TPSA) is 24.1 Å². The van der Waals surface area contributed by atoms with Crippen LogP contribution in [0.1, 0.15) is 0 Å². The minimum absolute atomic E-state index is 0.467. The molecule has 0 bridgehead atoms. The summed E-state index contributed by atoms with van der Waals surface area (Å²) in [6, 6.07) is 0. The Kier molecular flexibility index (Phi) is 3.11. The van der Waals surface area contributed by atoms with Gasteiger partial charge in [-0.1, -0.05) is 18.3 Å². The number of rotatable bonds is 1. The van der Waals surface area contributed by atoms with E-state index in [1.807, 2.05) is 17.6 Å². The Labute approximate surface area is 74.7 Å². The summed E-state index contributed by atoms with van der Waals surface area (Å²) in [5.41, 5.74) is 0. The van der Waals surface area contributed by atoms with Crippen molar-refractivity contribution in [2.75, 3.05) is 0 Å². The van der Waals surface area contributed by atoms with E-state index < -0.39 is 0 Å². The minimum atomic E-state index is 0.467. The highest BCUT2D eigenvalue weighted by molar-refractivity contribution is 8.11. The Morgan fingerprint density at radius 2 is 2.60 bits per heavy atom. The Balaban J connectivity index is 2.47. The van der Waals surface area contributed by atoms with Crippen molar-refractivity contribution in [1.29, 1.82) is 0 Å². The molecular formula is C5H6N2S3. The number of hydrogen-bond acceptors (Lipinski definition) is 3. The van der Waals surface area contributed by atoms with E-state index in [2.05, 4.69) is 22.7 Å². The summed E-state index contributed by atoms with van der Waals surface area (Å²) < 4.78 is 3.46. The molecule has 0 saturated heterocycles. The maximum Gasteiger partial charge on any atom is 0.136 e. The SMILES string of the molecule is S=C(S)NC1=CC=CSN1. The lowest BCUT2D eigenvalue weighted by molar-refractivity contribution is 1.05. The molecule has 0 aliphatic carbocycles. The Morgan fingerprint density at radius 1 is 1.80 bits per heavy atom. The second-order valence-corrected chi connectivity index (χ2v) is 3.43. The molecule has 0 fully saturated rings. The zero-order valence-electron chi connectivity index (χ0n) is 5.00. The molecule has 2 N–H and O–H groups in total. The van der Waals surface area contributed by atoms with E-state index in [4.69, 9.17) is 12.2 Å². The molecular weight excluding hydrogens is 184 g/mol. The summed E-state index contributed by atoms with van der Waals surface area (Å²) in [7, 11) is 0. The molecule has 54 valence electrons. The third-order valence-electron chi connectivity index (χ3n) is 0.820. The second-order valence-electron chi connectivity index (χ2n) is 1.56. The monoisotopic (exact) mass is 190 g/mol. The highest BCUT2D eigenvalue weighted by atomic mass is 32.2. The van der Waals surface area contributed by atoms with Crippen molar-refractivity contribution in [3.05, 3.63) is 23.4 Å². The Hall–Kier alpha value is -0.130. The molecule has 5 heteroatoms. The predicted octanol–water partition coefficient (Wildman–Crippen LogP) is 1.40. The molecule has 0 radical (unpaired) electrons. The van der Waals surface area contributed by atoms with Gasteiger partial charge in [0, 0.05) is 0 Å². The maximum absolute atomic E-state index is 4.72. The third kappa shape index (κ3) is 2.64. The van der Waals surface area contributed by atoms with E-state index in [0.29, 0.717) is 4.32 Å². The van der Waals surface area contributed by atoms with E-state index >= 15 is 0 Å². The molecule has 1 rings (SSSR count). The van der Waals surface area contributed by atoms with Crippen molar-refractivity contribution in [3.63, 3.8) is 0 Å². The number of thiocarbonyl (C=S) groups is 1. The molecule has 0 aromatic carbocycles. The summed E-state index contributed by atoms with van der Waals surface area (Å²) in [6.45, 7) is 0. The number of allylic oxidation sites excluding steroid dienone is 2. The van der Waals surface area contributed by atoms with Crippen molar-refractivity contribution >= 4 is 41.1 Å². The fourth-order valence-corrected chi connectivity index (χ4v) is 1.19. The van der Waals surface area contributed by atoms with Crippen molar-refractivity contribution < 1.29 is 0 Å². The van der Waals surface area contributed by atoms with E-state index in [9.17, 15) is 0 Å². The maximum atomic E-state index is 4.72. The van der Waals surface area contributed by atoms with Crippen LogP contribution in [0.15, 0.2) is 23.4 Å². The molecule has 1 aliphatic rings. The van der Waals surface area contributed by atoms with E-state index in [0.717, 1.165) is 5.82 Å². The minimum Gasteiger partial charge on any atom is -0.327 e. The zero-order valence-corrected chi connectivity index (χ0v) is 7.52. The first-order valence-corrected chi connectivity index (χ1v) is 4.31. The fraction of sp³-hybridized carbons (Fsp3) is 0. The predicted molar refractivity (Wildman–Crippen MR) is 52.7 cm³/mol. The quantitative estimate of drug-likeness (QED) is 0.330. The molecule has 1 heterocycles. The van der Waals surface area contributed by atoms with Crippen LogP contribution in [0.3, 0.4) is 0 Å². The zero-order chi connectivity index (χ0) is 7.40. The van der Waals surface area contributed by atoms with Crippen molar-refractivity contribution in [2.24, 2.45) is 0 Å². The van der Waals surface area contributed by atoms with Crippen LogP contribution < -0.4 is 10.0 Å². The van der Waals surface area contributed by atoms with Gasteiger partial charge in [-0.15, -0.1) is 12.6 Å². The van der Waals surface area contributed by atoms with E-state index in [1.54, 1.807) is 0 Å².